The van der Waals surface area contributed by atoms with Crippen molar-refractivity contribution in [2.24, 2.45) is 0 Å². The van der Waals surface area contributed by atoms with Crippen LogP contribution in [-0.4, -0.2) is 39.1 Å². The van der Waals surface area contributed by atoms with Gasteiger partial charge in [-0.2, -0.15) is 5.10 Å². The van der Waals surface area contributed by atoms with Crippen molar-refractivity contribution in [3.63, 3.8) is 0 Å². The number of carboxylic acid groups (broad SMARTS) is 1. The molecule has 9 heteroatoms. The number of anilines is 1. The Hall–Kier alpha value is -2.78. The highest BCUT2D eigenvalue weighted by Crippen LogP contribution is 2.44. The fourth-order valence-electron chi connectivity index (χ4n) is 3.04. The predicted molar refractivity (Wildman–Crippen MR) is 108 cm³/mol. The van der Waals surface area contributed by atoms with E-state index in [-0.39, 0.29) is 16.9 Å². The van der Waals surface area contributed by atoms with Crippen molar-refractivity contribution < 1.29 is 19.4 Å². The van der Waals surface area contributed by atoms with Crippen molar-refractivity contribution in [3.8, 4) is 5.75 Å². The Labute approximate surface area is 169 Å². The molecule has 1 aliphatic rings. The Balaban J connectivity index is 1.71. The van der Waals surface area contributed by atoms with E-state index in [2.05, 4.69) is 10.4 Å². The van der Waals surface area contributed by atoms with Crippen molar-refractivity contribution in [2.45, 2.75) is 11.8 Å². The quantitative estimate of drug-likeness (QED) is 0.642. The second-order valence-corrected chi connectivity index (χ2v) is 8.27. The number of aromatic nitrogens is 2. The topological polar surface area (TPSA) is 93.4 Å². The van der Waals surface area contributed by atoms with Gasteiger partial charge in [-0.05, 0) is 17.5 Å². The van der Waals surface area contributed by atoms with E-state index in [4.69, 9.17) is 9.84 Å². The summed E-state index contributed by atoms with van der Waals surface area (Å²) >= 11 is 3.10. The molecular formula is C19H17N3O4S2. The van der Waals surface area contributed by atoms with E-state index in [9.17, 15) is 9.59 Å². The number of carbonyl (C=O) groups is 2. The van der Waals surface area contributed by atoms with E-state index in [1.54, 1.807) is 34.3 Å². The number of fused-ring (bicyclic) bond motifs is 1. The standard InChI is InChI=1S/C19H17N3O4S2/c23-16-11-28-18(13-5-1-2-6-15(13)26-10-17(24)25)14-8-20-22(19(14)21-16)9-12-4-3-7-27-12/h1-8,18H,9-11H2,(H,21,23)(H,24,25)/t18-/m0/s1. The second kappa shape index (κ2) is 8.07. The van der Waals surface area contributed by atoms with Gasteiger partial charge >= 0.3 is 5.97 Å². The minimum Gasteiger partial charge on any atom is -0.482 e. The van der Waals surface area contributed by atoms with E-state index in [0.717, 1.165) is 16.0 Å². The third kappa shape index (κ3) is 3.90. The summed E-state index contributed by atoms with van der Waals surface area (Å²) < 4.78 is 7.27. The van der Waals surface area contributed by atoms with Gasteiger partial charge in [-0.3, -0.25) is 4.79 Å². The maximum absolute atomic E-state index is 12.3. The van der Waals surface area contributed by atoms with Crippen LogP contribution in [0.3, 0.4) is 0 Å². The number of nitrogens with zero attached hydrogens (tertiary/aromatic N) is 2. The van der Waals surface area contributed by atoms with Crippen LogP contribution in [-0.2, 0) is 16.1 Å². The van der Waals surface area contributed by atoms with Gasteiger partial charge in [0.05, 0.1) is 23.7 Å². The highest BCUT2D eigenvalue weighted by molar-refractivity contribution is 8.00. The molecule has 0 radical (unpaired) electrons. The first-order valence-electron chi connectivity index (χ1n) is 8.55. The van der Waals surface area contributed by atoms with Gasteiger partial charge in [0.15, 0.2) is 6.61 Å². The summed E-state index contributed by atoms with van der Waals surface area (Å²) in [5.74, 6) is 0.316. The lowest BCUT2D eigenvalue weighted by molar-refractivity contribution is -0.139. The lowest BCUT2D eigenvalue weighted by Crippen LogP contribution is -2.16. The monoisotopic (exact) mass is 415 g/mol. The van der Waals surface area contributed by atoms with E-state index >= 15 is 0 Å². The maximum Gasteiger partial charge on any atom is 0.341 e. The van der Waals surface area contributed by atoms with E-state index in [1.807, 2.05) is 29.6 Å². The third-order valence-corrected chi connectivity index (χ3v) is 6.36. The molecule has 28 heavy (non-hydrogen) atoms. The zero-order valence-electron chi connectivity index (χ0n) is 14.7. The number of aliphatic carboxylic acids is 1. The van der Waals surface area contributed by atoms with Gasteiger partial charge in [0.2, 0.25) is 5.91 Å². The molecule has 0 unspecified atom stereocenters. The minimum absolute atomic E-state index is 0.0920. The largest absolute Gasteiger partial charge is 0.482 e. The minimum atomic E-state index is -1.04. The molecule has 1 aliphatic heterocycles. The first kappa shape index (κ1) is 18.6. The number of benzene rings is 1. The normalized spacial score (nSPS) is 16.1. The number of carboxylic acids is 1. The molecule has 1 atom stereocenters. The molecule has 0 aliphatic carbocycles. The van der Waals surface area contributed by atoms with Crippen LogP contribution in [0.15, 0.2) is 48.0 Å². The average Bonchev–Trinajstić information content (AvgIpc) is 3.29. The van der Waals surface area contributed by atoms with E-state index in [1.165, 1.54) is 11.8 Å². The molecule has 2 N–H and O–H groups in total. The Bertz CT molecular complexity index is 1000. The highest BCUT2D eigenvalue weighted by Gasteiger charge is 2.29. The van der Waals surface area contributed by atoms with Crippen LogP contribution in [0.1, 0.15) is 21.3 Å². The predicted octanol–water partition coefficient (Wildman–Crippen LogP) is 3.23. The average molecular weight is 415 g/mol. The first-order valence-corrected chi connectivity index (χ1v) is 10.5. The van der Waals surface area contributed by atoms with Gasteiger partial charge in [-0.25, -0.2) is 9.48 Å². The van der Waals surface area contributed by atoms with Gasteiger partial charge in [-0.15, -0.1) is 23.1 Å². The number of ether oxygens (including phenoxy) is 1. The van der Waals surface area contributed by atoms with Gasteiger partial charge in [0.1, 0.15) is 11.6 Å². The second-order valence-electron chi connectivity index (χ2n) is 6.14. The Morgan fingerprint density at radius 1 is 1.29 bits per heavy atom. The zero-order chi connectivity index (χ0) is 19.5. The molecule has 3 heterocycles. The fourth-order valence-corrected chi connectivity index (χ4v) is 4.84. The number of carbonyl (C=O) groups excluding carboxylic acids is 1. The molecule has 144 valence electrons. The van der Waals surface area contributed by atoms with Crippen molar-refractivity contribution >= 4 is 40.8 Å². The molecule has 1 aromatic carbocycles. The fraction of sp³-hybridized carbons (Fsp3) is 0.211. The molecular weight excluding hydrogens is 398 g/mol. The van der Waals surface area contributed by atoms with Crippen LogP contribution in [0.5, 0.6) is 5.75 Å². The molecule has 0 bridgehead atoms. The van der Waals surface area contributed by atoms with Gasteiger partial charge in [-0.1, -0.05) is 24.3 Å². The summed E-state index contributed by atoms with van der Waals surface area (Å²) in [7, 11) is 0. The van der Waals surface area contributed by atoms with Gasteiger partial charge < -0.3 is 15.2 Å². The number of thiophene rings is 1. The number of rotatable bonds is 6. The third-order valence-electron chi connectivity index (χ3n) is 4.23. The number of thioether (sulfide) groups is 1. The number of hydrogen-bond donors (Lipinski definition) is 2. The molecule has 3 aromatic rings. The molecule has 1 amide bonds. The summed E-state index contributed by atoms with van der Waals surface area (Å²) in [6, 6.07) is 11.3. The lowest BCUT2D eigenvalue weighted by atomic mass is 10.1. The molecule has 2 aromatic heterocycles. The lowest BCUT2D eigenvalue weighted by Gasteiger charge is -2.18. The number of hydrogen-bond acceptors (Lipinski definition) is 6. The van der Waals surface area contributed by atoms with Crippen molar-refractivity contribution in [2.75, 3.05) is 17.7 Å². The smallest absolute Gasteiger partial charge is 0.341 e. The van der Waals surface area contributed by atoms with E-state index < -0.39 is 12.6 Å². The zero-order valence-corrected chi connectivity index (χ0v) is 16.3. The SMILES string of the molecule is O=C(O)COc1ccccc1[C@@H]1SCC(=O)Nc2c1cnn2Cc1cccs1. The van der Waals surface area contributed by atoms with E-state index in [0.29, 0.717) is 18.1 Å². The Morgan fingerprint density at radius 3 is 2.93 bits per heavy atom. The molecule has 0 spiro atoms. The summed E-state index contributed by atoms with van der Waals surface area (Å²) in [5, 5.41) is 18.2. The summed E-state index contributed by atoms with van der Waals surface area (Å²) in [6.45, 7) is 0.151. The number of amides is 1. The van der Waals surface area contributed by atoms with Crippen LogP contribution < -0.4 is 10.1 Å². The molecule has 4 rings (SSSR count). The van der Waals surface area contributed by atoms with Crippen molar-refractivity contribution in [3.05, 3.63) is 64.0 Å². The van der Waals surface area contributed by atoms with Crippen LogP contribution in [0.4, 0.5) is 5.82 Å². The number of para-hydroxylation sites is 1. The highest BCUT2D eigenvalue weighted by atomic mass is 32.2. The van der Waals surface area contributed by atoms with Gasteiger partial charge in [0.25, 0.3) is 0 Å². The van der Waals surface area contributed by atoms with Crippen LogP contribution in [0.25, 0.3) is 0 Å². The molecule has 0 saturated carbocycles. The number of nitrogens with one attached hydrogen (secondary N) is 1. The van der Waals surface area contributed by atoms with Crippen molar-refractivity contribution in [1.82, 2.24) is 9.78 Å². The first-order chi connectivity index (χ1) is 13.6. The Kier molecular flexibility index (Phi) is 5.36. The maximum atomic E-state index is 12.3. The van der Waals surface area contributed by atoms with Crippen LogP contribution in [0.2, 0.25) is 0 Å². The molecule has 0 saturated heterocycles. The van der Waals surface area contributed by atoms with Crippen LogP contribution >= 0.6 is 23.1 Å². The Morgan fingerprint density at radius 2 is 2.14 bits per heavy atom. The van der Waals surface area contributed by atoms with Crippen LogP contribution in [0, 0.1) is 0 Å². The van der Waals surface area contributed by atoms with Crippen molar-refractivity contribution in [1.29, 1.82) is 0 Å². The summed E-state index contributed by atoms with van der Waals surface area (Å²) in [4.78, 5) is 24.3. The molecule has 0 fully saturated rings. The summed E-state index contributed by atoms with van der Waals surface area (Å²) in [6.07, 6.45) is 1.76. The summed E-state index contributed by atoms with van der Waals surface area (Å²) in [5.41, 5.74) is 1.70. The molecule has 7 nitrogen and oxygen atoms in total. The van der Waals surface area contributed by atoms with Gasteiger partial charge in [0, 0.05) is 16.0 Å².